The normalized spacial score (nSPS) is 10.8. The molecule has 0 radical (unpaired) electrons. The van der Waals surface area contributed by atoms with Crippen molar-refractivity contribution in [2.45, 2.75) is 0 Å². The van der Waals surface area contributed by atoms with Crippen molar-refractivity contribution >= 4 is 27.8 Å². The number of rotatable bonds is 4. The molecule has 0 N–H and O–H groups in total. The second kappa shape index (κ2) is 7.21. The number of carbonyl (C=O) groups is 1. The number of ketones is 1. The zero-order valence-corrected chi connectivity index (χ0v) is 14.0. The molecule has 0 unspecified atom stereocenters. The first-order valence-electron chi connectivity index (χ1n) is 7.36. The van der Waals surface area contributed by atoms with E-state index in [0.29, 0.717) is 5.56 Å². The lowest BCUT2D eigenvalue weighted by molar-refractivity contribution is 0.104. The van der Waals surface area contributed by atoms with Gasteiger partial charge >= 0.3 is 0 Å². The van der Waals surface area contributed by atoms with Crippen molar-refractivity contribution in [3.05, 3.63) is 101 Å². The quantitative estimate of drug-likeness (QED) is 0.410. The van der Waals surface area contributed by atoms with Crippen molar-refractivity contribution < 1.29 is 4.79 Å². The second-order valence-electron chi connectivity index (χ2n) is 5.20. The number of benzene rings is 3. The van der Waals surface area contributed by atoms with Crippen molar-refractivity contribution in [3.63, 3.8) is 0 Å². The lowest BCUT2D eigenvalue weighted by Crippen LogP contribution is -1.93. The molecule has 2 heteroatoms. The molecule has 3 aromatic carbocycles. The molecule has 0 aromatic heterocycles. The minimum absolute atomic E-state index is 0.00145. The Morgan fingerprint density at radius 1 is 0.783 bits per heavy atom. The lowest BCUT2D eigenvalue weighted by Gasteiger charge is -2.02. The topological polar surface area (TPSA) is 17.1 Å². The zero-order chi connectivity index (χ0) is 16.1. The average molecular weight is 363 g/mol. The standard InChI is InChI=1S/C21H15BrO/c22-20-8-4-7-19(15-20)21(23)14-11-16-9-12-18(13-10-16)17-5-2-1-3-6-17/h1-15H. The maximum absolute atomic E-state index is 12.2. The van der Waals surface area contributed by atoms with Crippen molar-refractivity contribution in [1.82, 2.24) is 0 Å². The highest BCUT2D eigenvalue weighted by Gasteiger charge is 2.02. The molecule has 0 saturated heterocycles. The van der Waals surface area contributed by atoms with Crippen LogP contribution in [0, 0.1) is 0 Å². The summed E-state index contributed by atoms with van der Waals surface area (Å²) in [5.41, 5.74) is 4.04. The molecule has 3 aromatic rings. The Morgan fingerprint density at radius 2 is 1.48 bits per heavy atom. The molecule has 0 saturated carbocycles. The maximum Gasteiger partial charge on any atom is 0.185 e. The van der Waals surface area contributed by atoms with Crippen LogP contribution in [0.3, 0.4) is 0 Å². The Labute approximate surface area is 144 Å². The first-order valence-corrected chi connectivity index (χ1v) is 8.15. The third kappa shape index (κ3) is 4.05. The molecule has 23 heavy (non-hydrogen) atoms. The average Bonchev–Trinajstić information content (AvgIpc) is 2.61. The maximum atomic E-state index is 12.2. The monoisotopic (exact) mass is 362 g/mol. The van der Waals surface area contributed by atoms with Crippen LogP contribution in [0.1, 0.15) is 15.9 Å². The number of carbonyl (C=O) groups excluding carboxylic acids is 1. The van der Waals surface area contributed by atoms with Gasteiger partial charge in [-0.05, 0) is 34.9 Å². The molecule has 0 aliphatic carbocycles. The lowest BCUT2D eigenvalue weighted by atomic mass is 10.0. The third-order valence-corrected chi connectivity index (χ3v) is 4.05. The van der Waals surface area contributed by atoms with Gasteiger partial charge < -0.3 is 0 Å². The largest absolute Gasteiger partial charge is 0.289 e. The predicted molar refractivity (Wildman–Crippen MR) is 99.4 cm³/mol. The van der Waals surface area contributed by atoms with Crippen molar-refractivity contribution in [3.8, 4) is 11.1 Å². The van der Waals surface area contributed by atoms with E-state index in [1.807, 2.05) is 60.7 Å². The number of hydrogen-bond acceptors (Lipinski definition) is 1. The van der Waals surface area contributed by atoms with Gasteiger partial charge in [-0.3, -0.25) is 4.79 Å². The highest BCUT2D eigenvalue weighted by Crippen LogP contribution is 2.20. The van der Waals surface area contributed by atoms with Crippen molar-refractivity contribution in [1.29, 1.82) is 0 Å². The molecule has 0 aliphatic rings. The van der Waals surface area contributed by atoms with Crippen LogP contribution in [0.25, 0.3) is 17.2 Å². The third-order valence-electron chi connectivity index (χ3n) is 3.55. The summed E-state index contributed by atoms with van der Waals surface area (Å²) in [4.78, 5) is 12.2. The van der Waals surface area contributed by atoms with Crippen LogP contribution < -0.4 is 0 Å². The highest BCUT2D eigenvalue weighted by atomic mass is 79.9. The second-order valence-corrected chi connectivity index (χ2v) is 6.11. The first kappa shape index (κ1) is 15.4. The summed E-state index contributed by atoms with van der Waals surface area (Å²) < 4.78 is 0.906. The molecule has 0 aliphatic heterocycles. The van der Waals surface area contributed by atoms with Gasteiger partial charge in [0.2, 0.25) is 0 Å². The summed E-state index contributed by atoms with van der Waals surface area (Å²) in [6, 6.07) is 25.8. The minimum Gasteiger partial charge on any atom is -0.289 e. The Hall–Kier alpha value is -2.45. The van der Waals surface area contributed by atoms with E-state index in [9.17, 15) is 4.79 Å². The molecule has 0 spiro atoms. The van der Waals surface area contributed by atoms with E-state index in [-0.39, 0.29) is 5.78 Å². The van der Waals surface area contributed by atoms with Crippen molar-refractivity contribution in [2.75, 3.05) is 0 Å². The smallest absolute Gasteiger partial charge is 0.185 e. The fourth-order valence-corrected chi connectivity index (χ4v) is 2.73. The number of hydrogen-bond donors (Lipinski definition) is 0. The van der Waals surface area contributed by atoms with E-state index in [2.05, 4.69) is 40.2 Å². The van der Waals surface area contributed by atoms with Gasteiger partial charge in [0.1, 0.15) is 0 Å². The molecule has 0 amide bonds. The van der Waals surface area contributed by atoms with Crippen LogP contribution in [0.2, 0.25) is 0 Å². The van der Waals surface area contributed by atoms with Gasteiger partial charge in [0.25, 0.3) is 0 Å². The molecule has 0 bridgehead atoms. The van der Waals surface area contributed by atoms with E-state index in [4.69, 9.17) is 0 Å². The first-order chi connectivity index (χ1) is 11.2. The zero-order valence-electron chi connectivity index (χ0n) is 12.4. The predicted octanol–water partition coefficient (Wildman–Crippen LogP) is 6.01. The molecule has 3 rings (SSSR count). The van der Waals surface area contributed by atoms with Crippen LogP contribution in [0.15, 0.2) is 89.4 Å². The summed E-state index contributed by atoms with van der Waals surface area (Å²) in [6.07, 6.45) is 3.46. The van der Waals surface area contributed by atoms with Crippen LogP contribution in [-0.4, -0.2) is 5.78 Å². The van der Waals surface area contributed by atoms with E-state index in [1.165, 1.54) is 11.1 Å². The van der Waals surface area contributed by atoms with Gasteiger partial charge in [0.15, 0.2) is 5.78 Å². The van der Waals surface area contributed by atoms with Crippen LogP contribution in [-0.2, 0) is 0 Å². The molecule has 1 nitrogen and oxygen atoms in total. The van der Waals surface area contributed by atoms with Crippen LogP contribution >= 0.6 is 15.9 Å². The van der Waals surface area contributed by atoms with Crippen molar-refractivity contribution in [2.24, 2.45) is 0 Å². The Bertz CT molecular complexity index is 833. The van der Waals surface area contributed by atoms with Crippen LogP contribution in [0.4, 0.5) is 0 Å². The summed E-state index contributed by atoms with van der Waals surface area (Å²) in [5.74, 6) is -0.00145. The fourth-order valence-electron chi connectivity index (χ4n) is 2.33. The Morgan fingerprint density at radius 3 is 2.17 bits per heavy atom. The van der Waals surface area contributed by atoms with Gasteiger partial charge in [-0.15, -0.1) is 0 Å². The minimum atomic E-state index is -0.00145. The molecule has 0 heterocycles. The Kier molecular flexibility index (Phi) is 4.84. The van der Waals surface area contributed by atoms with Gasteiger partial charge in [-0.1, -0.05) is 88.7 Å². The van der Waals surface area contributed by atoms with Gasteiger partial charge in [-0.2, -0.15) is 0 Å². The summed E-state index contributed by atoms with van der Waals surface area (Å²) in [7, 11) is 0. The van der Waals surface area contributed by atoms with E-state index < -0.39 is 0 Å². The summed E-state index contributed by atoms with van der Waals surface area (Å²) >= 11 is 3.38. The Balaban J connectivity index is 1.74. The molecule has 0 atom stereocenters. The molecular formula is C21H15BrO. The van der Waals surface area contributed by atoms with E-state index in [1.54, 1.807) is 6.08 Å². The van der Waals surface area contributed by atoms with E-state index in [0.717, 1.165) is 10.0 Å². The fraction of sp³-hybridized carbons (Fsp3) is 0. The van der Waals surface area contributed by atoms with Gasteiger partial charge in [0.05, 0.1) is 0 Å². The summed E-state index contributed by atoms with van der Waals surface area (Å²) in [5, 5.41) is 0. The van der Waals surface area contributed by atoms with Gasteiger partial charge in [0, 0.05) is 10.0 Å². The van der Waals surface area contributed by atoms with E-state index >= 15 is 0 Å². The highest BCUT2D eigenvalue weighted by molar-refractivity contribution is 9.10. The van der Waals surface area contributed by atoms with Gasteiger partial charge in [-0.25, -0.2) is 0 Å². The summed E-state index contributed by atoms with van der Waals surface area (Å²) in [6.45, 7) is 0. The number of allylic oxidation sites excluding steroid dienone is 1. The molecule has 112 valence electrons. The number of halogens is 1. The SMILES string of the molecule is O=C(C=Cc1ccc(-c2ccccc2)cc1)c1cccc(Br)c1. The molecule has 0 fully saturated rings. The molecular weight excluding hydrogens is 348 g/mol. The van der Waals surface area contributed by atoms with Crippen LogP contribution in [0.5, 0.6) is 0 Å².